The van der Waals surface area contributed by atoms with Crippen molar-refractivity contribution in [2.75, 3.05) is 32.1 Å². The van der Waals surface area contributed by atoms with Crippen LogP contribution < -0.4 is 15.5 Å². The third-order valence-electron chi connectivity index (χ3n) is 3.69. The van der Waals surface area contributed by atoms with Crippen LogP contribution in [0.3, 0.4) is 0 Å². The molecule has 0 aliphatic heterocycles. The standard InChI is InChI=1S/C19H25F2N5.HI/c1-4-22-19(23-11-10-14-12-15(20)8-9-17(14)21)24-13-16-6-5-7-18(25-16)26(2)3;/h5-9,12H,4,10-11,13H2,1-3H3,(H2,22,23,24);1H. The maximum Gasteiger partial charge on any atom is 0.191 e. The Morgan fingerprint density at radius 3 is 2.63 bits per heavy atom. The fourth-order valence-corrected chi connectivity index (χ4v) is 2.36. The molecule has 0 fully saturated rings. The van der Waals surface area contributed by atoms with E-state index < -0.39 is 11.6 Å². The number of hydrogen-bond donors (Lipinski definition) is 2. The largest absolute Gasteiger partial charge is 0.363 e. The van der Waals surface area contributed by atoms with E-state index in [1.54, 1.807) is 0 Å². The number of halogens is 3. The smallest absolute Gasteiger partial charge is 0.191 e. The van der Waals surface area contributed by atoms with Crippen molar-refractivity contribution in [1.82, 2.24) is 15.6 Å². The second-order valence-corrected chi connectivity index (χ2v) is 5.99. The summed E-state index contributed by atoms with van der Waals surface area (Å²) >= 11 is 0. The van der Waals surface area contributed by atoms with Gasteiger partial charge in [-0.05, 0) is 49.2 Å². The summed E-state index contributed by atoms with van der Waals surface area (Å²) in [7, 11) is 3.87. The number of hydrogen-bond acceptors (Lipinski definition) is 3. The summed E-state index contributed by atoms with van der Waals surface area (Å²) in [4.78, 5) is 11.0. The highest BCUT2D eigenvalue weighted by atomic mass is 127. The van der Waals surface area contributed by atoms with Gasteiger partial charge in [0.25, 0.3) is 0 Å². The molecule has 5 nitrogen and oxygen atoms in total. The molecule has 1 aromatic carbocycles. The van der Waals surface area contributed by atoms with E-state index in [2.05, 4.69) is 20.6 Å². The quantitative estimate of drug-likeness (QED) is 0.356. The van der Waals surface area contributed by atoms with Crippen LogP contribution in [0.15, 0.2) is 41.4 Å². The molecule has 0 atom stereocenters. The third kappa shape index (κ3) is 7.66. The fourth-order valence-electron chi connectivity index (χ4n) is 2.36. The van der Waals surface area contributed by atoms with E-state index >= 15 is 0 Å². The summed E-state index contributed by atoms with van der Waals surface area (Å²) in [6, 6.07) is 9.28. The van der Waals surface area contributed by atoms with Crippen molar-refractivity contribution in [3.8, 4) is 0 Å². The van der Waals surface area contributed by atoms with Crippen LogP contribution in [0.5, 0.6) is 0 Å². The number of guanidine groups is 1. The number of nitrogens with zero attached hydrogens (tertiary/aromatic N) is 3. The van der Waals surface area contributed by atoms with E-state index in [1.165, 1.54) is 6.07 Å². The molecular weight excluding hydrogens is 463 g/mol. The van der Waals surface area contributed by atoms with E-state index in [4.69, 9.17) is 0 Å². The monoisotopic (exact) mass is 489 g/mol. The van der Waals surface area contributed by atoms with Gasteiger partial charge in [-0.15, -0.1) is 24.0 Å². The number of nitrogens with one attached hydrogen (secondary N) is 2. The second-order valence-electron chi connectivity index (χ2n) is 5.99. The van der Waals surface area contributed by atoms with Crippen LogP contribution in [0, 0.1) is 11.6 Å². The zero-order valence-electron chi connectivity index (χ0n) is 15.8. The minimum atomic E-state index is -0.436. The van der Waals surface area contributed by atoms with Gasteiger partial charge in [0, 0.05) is 27.2 Å². The number of aromatic nitrogens is 1. The summed E-state index contributed by atoms with van der Waals surface area (Å²) in [5.74, 6) is 0.646. The minimum Gasteiger partial charge on any atom is -0.363 e. The molecule has 0 unspecified atom stereocenters. The molecule has 0 saturated carbocycles. The van der Waals surface area contributed by atoms with Crippen molar-refractivity contribution >= 4 is 35.8 Å². The molecule has 8 heteroatoms. The van der Waals surface area contributed by atoms with Crippen LogP contribution >= 0.6 is 24.0 Å². The minimum absolute atomic E-state index is 0. The van der Waals surface area contributed by atoms with Crippen LogP contribution in [0.4, 0.5) is 14.6 Å². The van der Waals surface area contributed by atoms with E-state index in [9.17, 15) is 8.78 Å². The normalized spacial score (nSPS) is 10.9. The molecule has 0 spiro atoms. The molecule has 2 N–H and O–H groups in total. The van der Waals surface area contributed by atoms with Gasteiger partial charge in [0.15, 0.2) is 5.96 Å². The van der Waals surface area contributed by atoms with E-state index in [1.807, 2.05) is 44.1 Å². The van der Waals surface area contributed by atoms with Gasteiger partial charge in [0.1, 0.15) is 17.5 Å². The average Bonchev–Trinajstić information content (AvgIpc) is 2.62. The first kappa shape index (κ1) is 23.1. The van der Waals surface area contributed by atoms with Crippen LogP contribution in [-0.2, 0) is 13.0 Å². The van der Waals surface area contributed by atoms with E-state index in [0.29, 0.717) is 37.6 Å². The summed E-state index contributed by atoms with van der Waals surface area (Å²) in [6.45, 7) is 3.53. The zero-order chi connectivity index (χ0) is 18.9. The summed E-state index contributed by atoms with van der Waals surface area (Å²) in [6.07, 6.45) is 0.363. The second kappa shape index (κ2) is 11.7. The Morgan fingerprint density at radius 2 is 1.93 bits per heavy atom. The summed E-state index contributed by atoms with van der Waals surface area (Å²) in [5.41, 5.74) is 1.19. The molecule has 27 heavy (non-hydrogen) atoms. The summed E-state index contributed by atoms with van der Waals surface area (Å²) < 4.78 is 26.9. The van der Waals surface area contributed by atoms with Gasteiger partial charge in [0.05, 0.1) is 12.2 Å². The maximum atomic E-state index is 13.7. The zero-order valence-corrected chi connectivity index (χ0v) is 18.1. The first-order chi connectivity index (χ1) is 12.5. The Balaban J connectivity index is 0.00000364. The van der Waals surface area contributed by atoms with Gasteiger partial charge in [-0.2, -0.15) is 0 Å². The molecule has 0 amide bonds. The number of anilines is 1. The predicted octanol–water partition coefficient (Wildman–Crippen LogP) is 3.34. The van der Waals surface area contributed by atoms with E-state index in [-0.39, 0.29) is 24.0 Å². The first-order valence-electron chi connectivity index (χ1n) is 8.59. The van der Waals surface area contributed by atoms with Crippen molar-refractivity contribution in [3.05, 3.63) is 59.3 Å². The van der Waals surface area contributed by atoms with Crippen LogP contribution in [0.25, 0.3) is 0 Å². The topological polar surface area (TPSA) is 52.6 Å². The number of pyridine rings is 1. The van der Waals surface area contributed by atoms with Gasteiger partial charge in [-0.3, -0.25) is 0 Å². The molecule has 148 valence electrons. The van der Waals surface area contributed by atoms with Gasteiger partial charge in [-0.1, -0.05) is 6.07 Å². The highest BCUT2D eigenvalue weighted by Crippen LogP contribution is 2.10. The lowest BCUT2D eigenvalue weighted by Gasteiger charge is -2.13. The number of rotatable bonds is 7. The van der Waals surface area contributed by atoms with Crippen molar-refractivity contribution in [1.29, 1.82) is 0 Å². The lowest BCUT2D eigenvalue weighted by atomic mass is 10.1. The Bertz CT molecular complexity index is 753. The molecule has 1 heterocycles. The van der Waals surface area contributed by atoms with Crippen molar-refractivity contribution in [3.63, 3.8) is 0 Å². The summed E-state index contributed by atoms with van der Waals surface area (Å²) in [5, 5.41) is 6.27. The van der Waals surface area contributed by atoms with Gasteiger partial charge >= 0.3 is 0 Å². The molecule has 2 aromatic rings. The predicted molar refractivity (Wildman–Crippen MR) is 117 cm³/mol. The molecule has 0 aliphatic carbocycles. The van der Waals surface area contributed by atoms with Crippen LogP contribution in [0.2, 0.25) is 0 Å². The lowest BCUT2D eigenvalue weighted by molar-refractivity contribution is 0.583. The highest BCUT2D eigenvalue weighted by molar-refractivity contribution is 14.0. The third-order valence-corrected chi connectivity index (χ3v) is 3.69. The van der Waals surface area contributed by atoms with Crippen molar-refractivity contribution in [2.45, 2.75) is 19.9 Å². The molecule has 0 saturated heterocycles. The van der Waals surface area contributed by atoms with Crippen LogP contribution in [0.1, 0.15) is 18.2 Å². The molecule has 1 aromatic heterocycles. The molecule has 0 radical (unpaired) electrons. The maximum absolute atomic E-state index is 13.7. The Hall–Kier alpha value is -1.97. The Labute approximate surface area is 176 Å². The Morgan fingerprint density at radius 1 is 1.15 bits per heavy atom. The fraction of sp³-hybridized carbons (Fsp3) is 0.368. The number of benzene rings is 1. The van der Waals surface area contributed by atoms with Gasteiger partial charge < -0.3 is 15.5 Å². The lowest BCUT2D eigenvalue weighted by Crippen LogP contribution is -2.38. The van der Waals surface area contributed by atoms with Crippen molar-refractivity contribution in [2.24, 2.45) is 4.99 Å². The van der Waals surface area contributed by atoms with Crippen molar-refractivity contribution < 1.29 is 8.78 Å². The average molecular weight is 489 g/mol. The molecule has 0 aliphatic rings. The Kier molecular flexibility index (Phi) is 9.98. The van der Waals surface area contributed by atoms with Gasteiger partial charge in [0.2, 0.25) is 0 Å². The number of aliphatic imine (C=N–C) groups is 1. The van der Waals surface area contributed by atoms with Crippen LogP contribution in [-0.4, -0.2) is 38.1 Å². The van der Waals surface area contributed by atoms with E-state index in [0.717, 1.165) is 23.6 Å². The van der Waals surface area contributed by atoms with Gasteiger partial charge in [-0.25, -0.2) is 18.8 Å². The molecule has 2 rings (SSSR count). The first-order valence-corrected chi connectivity index (χ1v) is 8.59. The molecular formula is C19H26F2IN5. The SMILES string of the molecule is CCNC(=NCc1cccc(N(C)C)n1)NCCc1cc(F)ccc1F.I. The molecule has 0 bridgehead atoms. The highest BCUT2D eigenvalue weighted by Gasteiger charge is 2.05.